The Labute approximate surface area is 173 Å². The molecule has 0 aliphatic rings. The molecule has 0 amide bonds. The van der Waals surface area contributed by atoms with Crippen LogP contribution in [0.3, 0.4) is 0 Å². The molecule has 6 nitrogen and oxygen atoms in total. The Balaban J connectivity index is 1.95. The predicted octanol–water partition coefficient (Wildman–Crippen LogP) is 3.03. The maximum atomic E-state index is 12.6. The van der Waals surface area contributed by atoms with Crippen molar-refractivity contribution in [1.82, 2.24) is 14.5 Å². The van der Waals surface area contributed by atoms with Gasteiger partial charge in [-0.25, -0.2) is 13.4 Å². The van der Waals surface area contributed by atoms with Crippen LogP contribution in [0.1, 0.15) is 24.3 Å². The molecular weight excluding hydrogens is 392 g/mol. The smallest absolute Gasteiger partial charge is 0.252 e. The fourth-order valence-electron chi connectivity index (χ4n) is 2.72. The molecule has 0 saturated carbocycles. The molecule has 0 fully saturated rings. The van der Waals surface area contributed by atoms with Crippen molar-refractivity contribution in [3.8, 4) is 0 Å². The molecule has 0 aliphatic heterocycles. The summed E-state index contributed by atoms with van der Waals surface area (Å²) in [5.74, 6) is 0.816. The lowest BCUT2D eigenvalue weighted by Gasteiger charge is -2.17. The highest BCUT2D eigenvalue weighted by molar-refractivity contribution is 7.91. The lowest BCUT2D eigenvalue weighted by atomic mass is 10.2. The molecule has 1 N–H and O–H groups in total. The van der Waals surface area contributed by atoms with Crippen LogP contribution in [-0.2, 0) is 23.0 Å². The van der Waals surface area contributed by atoms with Crippen LogP contribution < -0.4 is 5.32 Å². The molecular formula is C20H30N4O2S2. The third-order valence-electron chi connectivity index (χ3n) is 4.27. The van der Waals surface area contributed by atoms with E-state index in [9.17, 15) is 8.42 Å². The van der Waals surface area contributed by atoms with Gasteiger partial charge >= 0.3 is 0 Å². The van der Waals surface area contributed by atoms with E-state index in [0.29, 0.717) is 30.4 Å². The van der Waals surface area contributed by atoms with Gasteiger partial charge in [-0.05, 0) is 24.1 Å². The second-order valence-electron chi connectivity index (χ2n) is 6.51. The fourth-order valence-corrected chi connectivity index (χ4v) is 5.69. The van der Waals surface area contributed by atoms with E-state index in [0.717, 1.165) is 22.8 Å². The van der Waals surface area contributed by atoms with Crippen LogP contribution in [0.25, 0.3) is 0 Å². The molecule has 0 bridgehead atoms. The minimum atomic E-state index is -3.37. The zero-order chi connectivity index (χ0) is 20.6. The van der Waals surface area contributed by atoms with Crippen molar-refractivity contribution >= 4 is 27.3 Å². The molecule has 1 heterocycles. The number of aliphatic imine (C=N–C) groups is 1. The van der Waals surface area contributed by atoms with E-state index in [1.165, 1.54) is 15.6 Å². The van der Waals surface area contributed by atoms with Gasteiger partial charge in [-0.15, -0.1) is 11.3 Å². The first-order chi connectivity index (χ1) is 13.4. The van der Waals surface area contributed by atoms with Crippen LogP contribution in [0.15, 0.2) is 51.7 Å². The minimum absolute atomic E-state index is 0.414. The molecule has 0 radical (unpaired) electrons. The molecule has 8 heteroatoms. The molecule has 1 aromatic carbocycles. The molecule has 0 unspecified atom stereocenters. The number of benzene rings is 1. The Bertz CT molecular complexity index is 857. The zero-order valence-corrected chi connectivity index (χ0v) is 18.7. The van der Waals surface area contributed by atoms with Crippen molar-refractivity contribution in [1.29, 1.82) is 0 Å². The Kier molecular flexibility index (Phi) is 8.47. The molecule has 1 aromatic heterocycles. The van der Waals surface area contributed by atoms with Crippen LogP contribution >= 0.6 is 11.3 Å². The van der Waals surface area contributed by atoms with Gasteiger partial charge in [0, 0.05) is 38.6 Å². The van der Waals surface area contributed by atoms with Gasteiger partial charge in [-0.1, -0.05) is 44.2 Å². The van der Waals surface area contributed by atoms with E-state index in [2.05, 4.69) is 22.4 Å². The first-order valence-corrected chi connectivity index (χ1v) is 11.7. The number of thiophene rings is 1. The number of rotatable bonds is 9. The lowest BCUT2D eigenvalue weighted by molar-refractivity contribution is 0.447. The first kappa shape index (κ1) is 22.4. The van der Waals surface area contributed by atoms with Crippen molar-refractivity contribution < 1.29 is 8.42 Å². The van der Waals surface area contributed by atoms with Crippen LogP contribution in [0.2, 0.25) is 0 Å². The summed E-state index contributed by atoms with van der Waals surface area (Å²) in [6.07, 6.45) is 0.747. The average molecular weight is 423 g/mol. The average Bonchev–Trinajstić information content (AvgIpc) is 3.15. The highest BCUT2D eigenvalue weighted by Crippen LogP contribution is 2.25. The fraction of sp³-hybridized carbons (Fsp3) is 0.450. The number of nitrogens with one attached hydrogen (secondary N) is 1. The molecule has 2 aromatic rings. The summed E-state index contributed by atoms with van der Waals surface area (Å²) in [5.41, 5.74) is 1.16. The lowest BCUT2D eigenvalue weighted by Crippen LogP contribution is -2.37. The summed E-state index contributed by atoms with van der Waals surface area (Å²) in [7, 11) is 0.535. The standard InChI is InChI=1S/C20H30N4O2S2/c1-5-24(6-2)28(25,26)19-13-12-18(27-19)14-15-21-20(23(3)4)22-16-17-10-8-7-9-11-17/h7-13H,5-6,14-16H2,1-4H3,(H,21,22). The molecule has 0 spiro atoms. The molecule has 28 heavy (non-hydrogen) atoms. The molecule has 0 atom stereocenters. The monoisotopic (exact) mass is 422 g/mol. The van der Waals surface area contributed by atoms with E-state index in [4.69, 9.17) is 0 Å². The number of sulfonamides is 1. The minimum Gasteiger partial charge on any atom is -0.356 e. The van der Waals surface area contributed by atoms with Gasteiger partial charge in [0.05, 0.1) is 6.54 Å². The topological polar surface area (TPSA) is 65.0 Å². The molecule has 0 aliphatic carbocycles. The van der Waals surface area contributed by atoms with Crippen molar-refractivity contribution in [2.45, 2.75) is 31.0 Å². The number of nitrogens with zero attached hydrogens (tertiary/aromatic N) is 3. The van der Waals surface area contributed by atoms with Crippen molar-refractivity contribution in [2.24, 2.45) is 4.99 Å². The van der Waals surface area contributed by atoms with Crippen molar-refractivity contribution in [3.63, 3.8) is 0 Å². The first-order valence-electron chi connectivity index (χ1n) is 9.46. The van der Waals surface area contributed by atoms with Crippen molar-refractivity contribution in [3.05, 3.63) is 52.9 Å². The number of guanidine groups is 1. The van der Waals surface area contributed by atoms with E-state index in [1.807, 2.05) is 57.1 Å². The largest absolute Gasteiger partial charge is 0.356 e. The highest BCUT2D eigenvalue weighted by atomic mass is 32.2. The molecule has 2 rings (SSSR count). The zero-order valence-electron chi connectivity index (χ0n) is 17.1. The summed E-state index contributed by atoms with van der Waals surface area (Å²) in [5, 5.41) is 3.35. The van der Waals surface area contributed by atoms with Gasteiger partial charge in [0.15, 0.2) is 5.96 Å². The third kappa shape index (κ3) is 6.05. The number of hydrogen-bond donors (Lipinski definition) is 1. The summed E-state index contributed by atoms with van der Waals surface area (Å²) in [6, 6.07) is 13.7. The SMILES string of the molecule is CCN(CC)S(=O)(=O)c1ccc(CCNC(=NCc2ccccc2)N(C)C)s1. The van der Waals surface area contributed by atoms with Gasteiger partial charge in [0.25, 0.3) is 10.0 Å². The van der Waals surface area contributed by atoms with Gasteiger partial charge < -0.3 is 10.2 Å². The summed E-state index contributed by atoms with van der Waals surface area (Å²) < 4.78 is 27.1. The van der Waals surface area contributed by atoms with E-state index >= 15 is 0 Å². The van der Waals surface area contributed by atoms with Gasteiger partial charge in [-0.2, -0.15) is 4.31 Å². The quantitative estimate of drug-likeness (QED) is 0.498. The predicted molar refractivity (Wildman–Crippen MR) is 117 cm³/mol. The van der Waals surface area contributed by atoms with Crippen molar-refractivity contribution in [2.75, 3.05) is 33.7 Å². The molecule has 154 valence electrons. The van der Waals surface area contributed by atoms with E-state index in [-0.39, 0.29) is 0 Å². The summed E-state index contributed by atoms with van der Waals surface area (Å²) in [4.78, 5) is 7.64. The van der Waals surface area contributed by atoms with E-state index in [1.54, 1.807) is 6.07 Å². The Morgan fingerprint density at radius 3 is 2.36 bits per heavy atom. The Morgan fingerprint density at radius 2 is 1.75 bits per heavy atom. The maximum Gasteiger partial charge on any atom is 0.252 e. The summed E-state index contributed by atoms with van der Waals surface area (Å²) >= 11 is 1.35. The highest BCUT2D eigenvalue weighted by Gasteiger charge is 2.23. The number of hydrogen-bond acceptors (Lipinski definition) is 4. The third-order valence-corrected chi connectivity index (χ3v) is 7.93. The van der Waals surface area contributed by atoms with Crippen LogP contribution in [0.4, 0.5) is 0 Å². The van der Waals surface area contributed by atoms with Gasteiger partial charge in [0.1, 0.15) is 4.21 Å². The second-order valence-corrected chi connectivity index (χ2v) is 9.84. The summed E-state index contributed by atoms with van der Waals surface area (Å²) in [6.45, 7) is 5.99. The Morgan fingerprint density at radius 1 is 1.07 bits per heavy atom. The van der Waals surface area contributed by atoms with Gasteiger partial charge in [0.2, 0.25) is 0 Å². The second kappa shape index (κ2) is 10.6. The van der Waals surface area contributed by atoms with Crippen LogP contribution in [-0.4, -0.2) is 57.3 Å². The van der Waals surface area contributed by atoms with Gasteiger partial charge in [-0.3, -0.25) is 0 Å². The van der Waals surface area contributed by atoms with Crippen LogP contribution in [0, 0.1) is 0 Å². The van der Waals surface area contributed by atoms with Crippen LogP contribution in [0.5, 0.6) is 0 Å². The normalized spacial score (nSPS) is 12.4. The maximum absolute atomic E-state index is 12.6. The van der Waals surface area contributed by atoms with E-state index < -0.39 is 10.0 Å². The molecule has 0 saturated heterocycles. The Hall–Kier alpha value is -1.90.